The minimum atomic E-state index is -0.152. The number of nitrogens with zero attached hydrogens (tertiary/aromatic N) is 3. The Morgan fingerprint density at radius 1 is 1.25 bits per heavy atom. The summed E-state index contributed by atoms with van der Waals surface area (Å²) in [4.78, 5) is 18.2. The molecule has 0 spiro atoms. The number of nitriles is 1. The first-order chi connectivity index (χ1) is 13.4. The largest absolute Gasteiger partial charge is 0.354 e. The predicted molar refractivity (Wildman–Crippen MR) is 116 cm³/mol. The second kappa shape index (κ2) is 8.38. The Morgan fingerprint density at radius 3 is 2.68 bits per heavy atom. The Balaban J connectivity index is 2.24. The minimum absolute atomic E-state index is 0.152. The van der Waals surface area contributed by atoms with E-state index in [2.05, 4.69) is 37.6 Å². The summed E-state index contributed by atoms with van der Waals surface area (Å²) < 4.78 is 0.932. The molecule has 1 aromatic heterocycles. The summed E-state index contributed by atoms with van der Waals surface area (Å²) in [5, 5.41) is 16.6. The van der Waals surface area contributed by atoms with E-state index in [9.17, 15) is 10.1 Å². The third-order valence-corrected chi connectivity index (χ3v) is 4.56. The van der Waals surface area contributed by atoms with Crippen molar-refractivity contribution in [2.45, 2.75) is 13.5 Å². The fourth-order valence-electron chi connectivity index (χ4n) is 3.04. The molecule has 0 aliphatic heterocycles. The number of hydrogen-bond donors (Lipinski definition) is 2. The van der Waals surface area contributed by atoms with Gasteiger partial charge in [-0.25, -0.2) is 0 Å². The lowest BCUT2D eigenvalue weighted by atomic mass is 10.0. The molecule has 0 fully saturated rings. The van der Waals surface area contributed by atoms with Crippen LogP contribution in [-0.2, 0) is 11.3 Å². The van der Waals surface area contributed by atoms with Gasteiger partial charge in [0.2, 0.25) is 5.91 Å². The third-order valence-electron chi connectivity index (χ3n) is 4.07. The van der Waals surface area contributed by atoms with Crippen LogP contribution in [0, 0.1) is 11.3 Å². The highest BCUT2D eigenvalue weighted by molar-refractivity contribution is 9.10. The number of anilines is 3. The van der Waals surface area contributed by atoms with Crippen molar-refractivity contribution in [1.29, 1.82) is 5.26 Å². The fraction of sp³-hybridized carbons (Fsp3) is 0.190. The minimum Gasteiger partial charge on any atom is -0.354 e. The van der Waals surface area contributed by atoms with E-state index in [1.807, 2.05) is 55.4 Å². The topological polar surface area (TPSA) is 81.1 Å². The van der Waals surface area contributed by atoms with Crippen molar-refractivity contribution in [1.82, 2.24) is 9.88 Å². The first kappa shape index (κ1) is 19.8. The molecule has 1 amide bonds. The van der Waals surface area contributed by atoms with Crippen LogP contribution in [0.25, 0.3) is 10.9 Å². The number of hydrogen-bond acceptors (Lipinski definition) is 5. The SMILES string of the molecule is CC(=O)Nc1cc(CN(C)C)c2ncc(C#N)c(Nc3cccc(Br)c3)c2c1. The number of carbonyl (C=O) groups excluding carboxylic acids is 1. The van der Waals surface area contributed by atoms with Crippen LogP contribution in [-0.4, -0.2) is 29.9 Å². The summed E-state index contributed by atoms with van der Waals surface area (Å²) in [6, 6.07) is 13.7. The Hall–Kier alpha value is -2.95. The van der Waals surface area contributed by atoms with Crippen molar-refractivity contribution in [3.8, 4) is 6.07 Å². The molecule has 3 aromatic rings. The molecule has 1 heterocycles. The number of aromatic nitrogens is 1. The third kappa shape index (κ3) is 4.47. The van der Waals surface area contributed by atoms with Crippen LogP contribution in [0.15, 0.2) is 47.1 Å². The maximum Gasteiger partial charge on any atom is 0.221 e. The lowest BCUT2D eigenvalue weighted by Crippen LogP contribution is -2.13. The maximum absolute atomic E-state index is 11.6. The number of halogens is 1. The van der Waals surface area contributed by atoms with Gasteiger partial charge in [-0.1, -0.05) is 22.0 Å². The van der Waals surface area contributed by atoms with Crippen molar-refractivity contribution in [2.75, 3.05) is 24.7 Å². The summed E-state index contributed by atoms with van der Waals surface area (Å²) in [5.41, 5.74) is 4.37. The summed E-state index contributed by atoms with van der Waals surface area (Å²) in [7, 11) is 3.95. The number of nitrogens with one attached hydrogen (secondary N) is 2. The number of pyridine rings is 1. The van der Waals surface area contributed by atoms with Gasteiger partial charge in [-0.15, -0.1) is 0 Å². The first-order valence-electron chi connectivity index (χ1n) is 8.68. The molecule has 2 N–H and O–H groups in total. The fourth-order valence-corrected chi connectivity index (χ4v) is 3.44. The van der Waals surface area contributed by atoms with Crippen LogP contribution >= 0.6 is 15.9 Å². The Bertz CT molecular complexity index is 1090. The van der Waals surface area contributed by atoms with Crippen molar-refractivity contribution >= 4 is 49.8 Å². The quantitative estimate of drug-likeness (QED) is 0.607. The molecule has 142 valence electrons. The second-order valence-electron chi connectivity index (χ2n) is 6.74. The van der Waals surface area contributed by atoms with Crippen LogP contribution in [0.1, 0.15) is 18.1 Å². The van der Waals surface area contributed by atoms with E-state index >= 15 is 0 Å². The molecule has 7 heteroatoms. The van der Waals surface area contributed by atoms with Gasteiger partial charge in [0.05, 0.1) is 16.8 Å². The van der Waals surface area contributed by atoms with Gasteiger partial charge in [0.1, 0.15) is 6.07 Å². The first-order valence-corrected chi connectivity index (χ1v) is 9.47. The number of fused-ring (bicyclic) bond motifs is 1. The van der Waals surface area contributed by atoms with Crippen LogP contribution in [0.5, 0.6) is 0 Å². The van der Waals surface area contributed by atoms with Gasteiger partial charge in [-0.3, -0.25) is 9.78 Å². The van der Waals surface area contributed by atoms with E-state index < -0.39 is 0 Å². The van der Waals surface area contributed by atoms with Crippen LogP contribution in [0.2, 0.25) is 0 Å². The zero-order valence-corrected chi connectivity index (χ0v) is 17.5. The van der Waals surface area contributed by atoms with Crippen molar-refractivity contribution in [3.05, 3.63) is 58.2 Å². The van der Waals surface area contributed by atoms with E-state index in [4.69, 9.17) is 0 Å². The number of rotatable bonds is 5. The van der Waals surface area contributed by atoms with Crippen LogP contribution < -0.4 is 10.6 Å². The number of amides is 1. The summed E-state index contributed by atoms with van der Waals surface area (Å²) >= 11 is 3.47. The molecule has 2 aromatic carbocycles. The standard InChI is InChI=1S/C21H20BrN5O/c1-13(28)25-18-7-14(12-27(2)3)20-19(9-18)21(15(10-23)11-24-20)26-17-6-4-5-16(22)8-17/h4-9,11H,12H2,1-3H3,(H,24,26)(H,25,28). The van der Waals surface area contributed by atoms with E-state index in [1.54, 1.807) is 6.20 Å². The molecular weight excluding hydrogens is 418 g/mol. The lowest BCUT2D eigenvalue weighted by molar-refractivity contribution is -0.114. The van der Waals surface area contributed by atoms with E-state index in [0.29, 0.717) is 23.5 Å². The van der Waals surface area contributed by atoms with Gasteiger partial charge >= 0.3 is 0 Å². The van der Waals surface area contributed by atoms with Crippen LogP contribution in [0.3, 0.4) is 0 Å². The van der Waals surface area contributed by atoms with Gasteiger partial charge in [0.25, 0.3) is 0 Å². The smallest absolute Gasteiger partial charge is 0.221 e. The van der Waals surface area contributed by atoms with Crippen LogP contribution in [0.4, 0.5) is 17.1 Å². The maximum atomic E-state index is 11.6. The van der Waals surface area contributed by atoms with Crippen molar-refractivity contribution in [3.63, 3.8) is 0 Å². The molecule has 0 bridgehead atoms. The molecule has 28 heavy (non-hydrogen) atoms. The van der Waals surface area contributed by atoms with Gasteiger partial charge in [0.15, 0.2) is 0 Å². The second-order valence-corrected chi connectivity index (χ2v) is 7.66. The Morgan fingerprint density at radius 2 is 2.04 bits per heavy atom. The molecule has 0 saturated heterocycles. The van der Waals surface area contributed by atoms with Crippen molar-refractivity contribution < 1.29 is 4.79 Å². The Kier molecular flexibility index (Phi) is 5.93. The van der Waals surface area contributed by atoms with E-state index in [-0.39, 0.29) is 5.91 Å². The number of carbonyl (C=O) groups is 1. The molecule has 0 saturated carbocycles. The molecule has 6 nitrogen and oxygen atoms in total. The van der Waals surface area contributed by atoms with Gasteiger partial charge < -0.3 is 15.5 Å². The monoisotopic (exact) mass is 437 g/mol. The average Bonchev–Trinajstić information content (AvgIpc) is 2.61. The van der Waals surface area contributed by atoms with Crippen molar-refractivity contribution in [2.24, 2.45) is 0 Å². The molecule has 0 atom stereocenters. The van der Waals surface area contributed by atoms with E-state index in [1.165, 1.54) is 6.92 Å². The molecule has 0 unspecified atom stereocenters. The molecular formula is C21H20BrN5O. The molecule has 0 aliphatic rings. The normalized spacial score (nSPS) is 10.7. The molecule has 3 rings (SSSR count). The highest BCUT2D eigenvalue weighted by atomic mass is 79.9. The van der Waals surface area contributed by atoms with Gasteiger partial charge in [0, 0.05) is 40.9 Å². The lowest BCUT2D eigenvalue weighted by Gasteiger charge is -2.17. The highest BCUT2D eigenvalue weighted by Crippen LogP contribution is 2.33. The average molecular weight is 438 g/mol. The zero-order chi connectivity index (χ0) is 20.3. The highest BCUT2D eigenvalue weighted by Gasteiger charge is 2.15. The predicted octanol–water partition coefficient (Wildman–Crippen LogP) is 4.63. The zero-order valence-electron chi connectivity index (χ0n) is 15.9. The Labute approximate surface area is 172 Å². The van der Waals surface area contributed by atoms with Gasteiger partial charge in [-0.05, 0) is 50.0 Å². The summed E-state index contributed by atoms with van der Waals surface area (Å²) in [6.07, 6.45) is 1.58. The molecule has 0 radical (unpaired) electrons. The molecule has 0 aliphatic carbocycles. The van der Waals surface area contributed by atoms with E-state index in [0.717, 1.165) is 26.6 Å². The van der Waals surface area contributed by atoms with Gasteiger partial charge in [-0.2, -0.15) is 5.26 Å². The summed E-state index contributed by atoms with van der Waals surface area (Å²) in [6.45, 7) is 2.12. The number of benzene rings is 2. The summed E-state index contributed by atoms with van der Waals surface area (Å²) in [5.74, 6) is -0.152.